The van der Waals surface area contributed by atoms with Gasteiger partial charge < -0.3 is 24.8 Å². The van der Waals surface area contributed by atoms with E-state index in [1.54, 1.807) is 0 Å². The molecule has 2 amide bonds. The van der Waals surface area contributed by atoms with Gasteiger partial charge in [-0.1, -0.05) is 18.2 Å². The maximum Gasteiger partial charge on any atom is 0.321 e. The number of amides is 2. The van der Waals surface area contributed by atoms with Crippen molar-refractivity contribution in [2.45, 2.75) is 58.0 Å². The summed E-state index contributed by atoms with van der Waals surface area (Å²) >= 11 is 0. The van der Waals surface area contributed by atoms with Gasteiger partial charge in [-0.05, 0) is 57.2 Å². The number of carbonyl (C=O) groups excluding carboxylic acids is 1. The monoisotopic (exact) mass is 554 g/mol. The standard InChI is InChI=1S/C31H38N8O2/c1-3-39-26-18-23(33-30-32-19-22-6-4-5-20(2)27(22)36-30)17-25(28(26)35-29(39)21-7-8-21)34-31(40)38-11-9-24(10-12-38)37-13-15-41-16-14-37/h4-6,17-19,21,24H,3,7-16H2,1-2H3,(H,34,40)(H,32,33,36). The average molecular weight is 555 g/mol. The van der Waals surface area contributed by atoms with Crippen molar-refractivity contribution in [3.8, 4) is 0 Å². The Bertz CT molecular complexity index is 1580. The number of carbonyl (C=O) groups is 1. The van der Waals surface area contributed by atoms with Crippen LogP contribution in [0.3, 0.4) is 0 Å². The molecule has 214 valence electrons. The number of para-hydroxylation sites is 1. The molecule has 0 spiro atoms. The van der Waals surface area contributed by atoms with E-state index in [9.17, 15) is 4.79 Å². The van der Waals surface area contributed by atoms with E-state index >= 15 is 0 Å². The zero-order valence-corrected chi connectivity index (χ0v) is 23.9. The Morgan fingerprint density at radius 3 is 2.59 bits per heavy atom. The number of nitrogens with one attached hydrogen (secondary N) is 2. The predicted octanol–water partition coefficient (Wildman–Crippen LogP) is 5.26. The molecular weight excluding hydrogens is 516 g/mol. The fourth-order valence-corrected chi connectivity index (χ4v) is 6.36. The molecule has 0 bridgehead atoms. The van der Waals surface area contributed by atoms with Gasteiger partial charge >= 0.3 is 6.03 Å². The van der Waals surface area contributed by atoms with Crippen LogP contribution in [0.1, 0.15) is 49.9 Å². The summed E-state index contributed by atoms with van der Waals surface area (Å²) in [6.07, 6.45) is 6.15. The highest BCUT2D eigenvalue weighted by Gasteiger charge is 2.31. The molecule has 10 nitrogen and oxygen atoms in total. The lowest BCUT2D eigenvalue weighted by Crippen LogP contribution is -2.50. The molecule has 10 heteroatoms. The van der Waals surface area contributed by atoms with E-state index in [-0.39, 0.29) is 6.03 Å². The molecule has 1 saturated carbocycles. The average Bonchev–Trinajstić information content (AvgIpc) is 3.78. The number of fused-ring (bicyclic) bond motifs is 2. The highest BCUT2D eigenvalue weighted by Crippen LogP contribution is 2.42. The first-order valence-corrected chi connectivity index (χ1v) is 15.0. The number of ether oxygens (including phenoxy) is 1. The van der Waals surface area contributed by atoms with Gasteiger partial charge in [0.15, 0.2) is 0 Å². The van der Waals surface area contributed by atoms with Crippen LogP contribution in [0.25, 0.3) is 21.9 Å². The highest BCUT2D eigenvalue weighted by atomic mass is 16.5. The second-order valence-corrected chi connectivity index (χ2v) is 11.5. The summed E-state index contributed by atoms with van der Waals surface area (Å²) < 4.78 is 7.81. The third kappa shape index (κ3) is 5.22. The van der Waals surface area contributed by atoms with E-state index in [1.807, 2.05) is 29.3 Å². The molecule has 0 radical (unpaired) electrons. The van der Waals surface area contributed by atoms with Crippen LogP contribution in [0.4, 0.5) is 22.1 Å². The predicted molar refractivity (Wildman–Crippen MR) is 161 cm³/mol. The fraction of sp³-hybridized carbons (Fsp3) is 0.484. The minimum atomic E-state index is -0.0690. The summed E-state index contributed by atoms with van der Waals surface area (Å²) in [6, 6.07) is 10.6. The second-order valence-electron chi connectivity index (χ2n) is 11.5. The molecule has 2 saturated heterocycles. The molecule has 7 rings (SSSR count). The van der Waals surface area contributed by atoms with Crippen molar-refractivity contribution >= 4 is 45.3 Å². The molecule has 3 fully saturated rings. The van der Waals surface area contributed by atoms with Crippen molar-refractivity contribution in [1.82, 2.24) is 29.3 Å². The molecule has 1 aliphatic carbocycles. The third-order valence-electron chi connectivity index (χ3n) is 8.77. The number of aromatic nitrogens is 4. The SMILES string of the molecule is CCn1c(C2CC2)nc2c(NC(=O)N3CCC(N4CCOCC4)CC3)cc(Nc3ncc4cccc(C)c4n3)cc21. The first kappa shape index (κ1) is 26.2. The summed E-state index contributed by atoms with van der Waals surface area (Å²) in [5.41, 5.74) is 5.42. The minimum Gasteiger partial charge on any atom is -0.379 e. The van der Waals surface area contributed by atoms with Gasteiger partial charge in [0.05, 0.1) is 29.9 Å². The number of likely N-dealkylation sites (tertiary alicyclic amines) is 1. The van der Waals surface area contributed by atoms with Crippen LogP contribution in [0, 0.1) is 6.92 Å². The van der Waals surface area contributed by atoms with E-state index in [1.165, 1.54) is 12.8 Å². The summed E-state index contributed by atoms with van der Waals surface area (Å²) in [4.78, 5) is 32.4. The van der Waals surface area contributed by atoms with E-state index in [4.69, 9.17) is 14.7 Å². The number of anilines is 3. The zero-order valence-electron chi connectivity index (χ0n) is 23.9. The van der Waals surface area contributed by atoms with Crippen molar-refractivity contribution in [2.75, 3.05) is 50.0 Å². The largest absolute Gasteiger partial charge is 0.379 e. The Balaban J connectivity index is 1.16. The van der Waals surface area contributed by atoms with Gasteiger partial charge in [-0.15, -0.1) is 0 Å². The van der Waals surface area contributed by atoms with Gasteiger partial charge in [0.1, 0.15) is 11.3 Å². The van der Waals surface area contributed by atoms with E-state index in [0.29, 0.717) is 17.9 Å². The Hall–Kier alpha value is -3.76. The van der Waals surface area contributed by atoms with E-state index in [2.05, 4.69) is 51.1 Å². The van der Waals surface area contributed by atoms with Crippen LogP contribution in [-0.4, -0.2) is 80.8 Å². The molecule has 0 unspecified atom stereocenters. The number of imidazole rings is 1. The molecule has 2 aromatic carbocycles. The van der Waals surface area contributed by atoms with Crippen LogP contribution in [0.2, 0.25) is 0 Å². The van der Waals surface area contributed by atoms with Crippen LogP contribution in [0.5, 0.6) is 0 Å². The van der Waals surface area contributed by atoms with Crippen molar-refractivity contribution in [3.05, 3.63) is 47.9 Å². The van der Waals surface area contributed by atoms with Gasteiger partial charge in [-0.25, -0.2) is 19.7 Å². The number of rotatable bonds is 6. The third-order valence-corrected chi connectivity index (χ3v) is 8.77. The number of aryl methyl sites for hydroxylation is 2. The first-order chi connectivity index (χ1) is 20.1. The lowest BCUT2D eigenvalue weighted by atomic mass is 10.0. The normalized spacial score (nSPS) is 18.7. The summed E-state index contributed by atoms with van der Waals surface area (Å²) in [5, 5.41) is 7.66. The number of piperidine rings is 1. The van der Waals surface area contributed by atoms with Gasteiger partial charge in [-0.2, -0.15) is 0 Å². The van der Waals surface area contributed by atoms with Gasteiger partial charge in [0.25, 0.3) is 0 Å². The van der Waals surface area contributed by atoms with E-state index in [0.717, 1.165) is 103 Å². The van der Waals surface area contributed by atoms with E-state index < -0.39 is 0 Å². The molecule has 4 aromatic rings. The number of hydrogen-bond donors (Lipinski definition) is 2. The highest BCUT2D eigenvalue weighted by molar-refractivity contribution is 6.01. The van der Waals surface area contributed by atoms with Crippen molar-refractivity contribution in [1.29, 1.82) is 0 Å². The number of benzene rings is 2. The van der Waals surface area contributed by atoms with Crippen molar-refractivity contribution in [3.63, 3.8) is 0 Å². The van der Waals surface area contributed by atoms with Gasteiger partial charge in [-0.3, -0.25) is 4.90 Å². The zero-order chi connectivity index (χ0) is 27.9. The number of hydrogen-bond acceptors (Lipinski definition) is 7. The number of nitrogens with zero attached hydrogens (tertiary/aromatic N) is 6. The van der Waals surface area contributed by atoms with Crippen LogP contribution in [-0.2, 0) is 11.3 Å². The maximum absolute atomic E-state index is 13.6. The van der Waals surface area contributed by atoms with Gasteiger partial charge in [0.2, 0.25) is 5.95 Å². The molecular formula is C31H38N8O2. The summed E-state index contributed by atoms with van der Waals surface area (Å²) in [7, 11) is 0. The molecule has 0 atom stereocenters. The molecule has 2 N–H and O–H groups in total. The summed E-state index contributed by atoms with van der Waals surface area (Å²) in [6.45, 7) is 10.1. The minimum absolute atomic E-state index is 0.0690. The molecule has 3 aliphatic rings. The second kappa shape index (κ2) is 10.9. The quantitative estimate of drug-likeness (QED) is 0.335. The Morgan fingerprint density at radius 1 is 1.02 bits per heavy atom. The Labute approximate surface area is 240 Å². The summed E-state index contributed by atoms with van der Waals surface area (Å²) in [5.74, 6) is 2.13. The Kier molecular flexibility index (Phi) is 6.96. The van der Waals surface area contributed by atoms with Crippen molar-refractivity contribution < 1.29 is 9.53 Å². The molecule has 4 heterocycles. The lowest BCUT2D eigenvalue weighted by Gasteiger charge is -2.40. The smallest absolute Gasteiger partial charge is 0.321 e. The van der Waals surface area contributed by atoms with Gasteiger partial charge in [0, 0.05) is 62.0 Å². The fourth-order valence-electron chi connectivity index (χ4n) is 6.36. The van der Waals surface area contributed by atoms with Crippen molar-refractivity contribution in [2.24, 2.45) is 0 Å². The van der Waals surface area contributed by atoms with Crippen LogP contribution >= 0.6 is 0 Å². The molecule has 41 heavy (non-hydrogen) atoms. The topological polar surface area (TPSA) is 100 Å². The Morgan fingerprint density at radius 2 is 1.83 bits per heavy atom. The van der Waals surface area contributed by atoms with Crippen LogP contribution < -0.4 is 10.6 Å². The molecule has 2 aromatic heterocycles. The maximum atomic E-state index is 13.6. The number of morpholine rings is 1. The first-order valence-electron chi connectivity index (χ1n) is 15.0. The molecule has 2 aliphatic heterocycles. The van der Waals surface area contributed by atoms with Crippen LogP contribution in [0.15, 0.2) is 36.5 Å². The lowest BCUT2D eigenvalue weighted by molar-refractivity contribution is 0.00420. The number of urea groups is 1.